The van der Waals surface area contributed by atoms with E-state index in [1.165, 1.54) is 29.2 Å². The quantitative estimate of drug-likeness (QED) is 0.104. The van der Waals surface area contributed by atoms with Gasteiger partial charge in [-0.3, -0.25) is 20.2 Å². The van der Waals surface area contributed by atoms with Crippen molar-refractivity contribution in [2.24, 2.45) is 0 Å². The number of aliphatic hydroxyl groups is 5. The van der Waals surface area contributed by atoms with Crippen LogP contribution in [0.4, 0.5) is 33.5 Å². The van der Waals surface area contributed by atoms with Crippen LogP contribution in [0.2, 0.25) is 0 Å². The maximum absolute atomic E-state index is 11.4. The Hall–Kier alpha value is -4.30. The second-order valence-corrected chi connectivity index (χ2v) is 18.3. The van der Waals surface area contributed by atoms with Crippen molar-refractivity contribution < 1.29 is 44.9 Å². The standard InChI is InChI=1S/C10H13N3O3.C10H15N3O.C9H17NO3.C6H5BrN2O2.2C4H9NO.2ClH/c1-7-4-8(13(15)16)5-10(11-7)12-3-2-9(14)6-12;1-7-4-8(11)5-10(12-7)13-3-2-9(14)6-13;1-9(2,3)13-8(12)10-5-4-7(11)6-10;1-4-2-5(9(10)11)3-6(7)8-4;2*6-4-1-2-5-3-4;;/h4-5,9,14H,2-3,6H2,1H3;4-5,9,14H,2-3,6H2,1H3,(H2,11,12);7,11H,4-6H2,1-3H3;2-3H,1H3;2*4-6H,1-3H2;2*1H/t2*9-;7-;;2*4-;;/m000.00../s1. The Morgan fingerprint density at radius 2 is 1.10 bits per heavy atom. The molecule has 0 unspecified atom stereocenters. The summed E-state index contributed by atoms with van der Waals surface area (Å²) in [5.41, 5.74) is 8.28. The van der Waals surface area contributed by atoms with E-state index >= 15 is 0 Å². The number of aromatic nitrogens is 3. The molecule has 5 aliphatic rings. The van der Waals surface area contributed by atoms with Gasteiger partial charge in [-0.25, -0.2) is 19.7 Å². The lowest BCUT2D eigenvalue weighted by molar-refractivity contribution is -0.385. The Morgan fingerprint density at radius 1 is 0.676 bits per heavy atom. The van der Waals surface area contributed by atoms with Gasteiger partial charge in [0.1, 0.15) is 21.8 Å². The minimum absolute atomic E-state index is 0. The minimum Gasteiger partial charge on any atom is -0.444 e. The van der Waals surface area contributed by atoms with E-state index in [1.807, 2.05) is 44.7 Å². The Morgan fingerprint density at radius 3 is 1.44 bits per heavy atom. The number of hydrogen-bond acceptors (Lipinski definition) is 19. The van der Waals surface area contributed by atoms with Crippen molar-refractivity contribution in [3.05, 3.63) is 78.3 Å². The van der Waals surface area contributed by atoms with Gasteiger partial charge < -0.3 is 61.3 Å². The number of carbonyl (C=O) groups is 1. The van der Waals surface area contributed by atoms with E-state index in [2.05, 4.69) is 46.4 Å². The van der Waals surface area contributed by atoms with Crippen LogP contribution in [0.1, 0.15) is 70.0 Å². The molecule has 0 saturated carbocycles. The average Bonchev–Trinajstić information content (AvgIpc) is 4.09. The van der Waals surface area contributed by atoms with E-state index in [0.717, 1.165) is 69.2 Å². The number of amides is 1. The molecule has 3 aromatic heterocycles. The van der Waals surface area contributed by atoms with Gasteiger partial charge >= 0.3 is 6.09 Å². The summed E-state index contributed by atoms with van der Waals surface area (Å²) in [4.78, 5) is 49.5. The SMILES string of the molecule is CC(C)(C)OC(=O)N1CC[C@H](O)C1.Cc1cc(N)cc(N2CC[C@H](O)C2)n1.Cc1cc([N+](=O)[O-])cc(Br)n1.Cc1cc([N+](=O)[O-])cc(N2CC[C@H](O)C2)n1.Cl.Cl.O[C@H]1CCNC1.O[C@H]1CCNC1. The number of anilines is 3. The number of β-amino-alcohol motifs (C(OH)–C–C–N with tert-alkyl or cyclic N) is 5. The largest absolute Gasteiger partial charge is 0.444 e. The molecule has 1 amide bonds. The number of nitrogens with zero attached hydrogens (tertiary/aromatic N) is 8. The molecule has 0 aliphatic carbocycles. The van der Waals surface area contributed by atoms with Crippen LogP contribution in [-0.2, 0) is 4.74 Å². The van der Waals surface area contributed by atoms with Crippen LogP contribution in [0.5, 0.6) is 0 Å². The number of nitrogens with one attached hydrogen (secondary N) is 2. The Balaban J connectivity index is 0.000000417. The average molecular weight is 1070 g/mol. The highest BCUT2D eigenvalue weighted by Crippen LogP contribution is 2.24. The van der Waals surface area contributed by atoms with Gasteiger partial charge in [0, 0.05) is 99.4 Å². The van der Waals surface area contributed by atoms with Gasteiger partial charge in [0.05, 0.1) is 46.4 Å². The molecule has 0 aromatic carbocycles. The minimum atomic E-state index is -0.454. The number of nitro groups is 2. The number of nitrogens with two attached hydrogens (primary N) is 1. The van der Waals surface area contributed by atoms with Gasteiger partial charge in [-0.15, -0.1) is 24.8 Å². The summed E-state index contributed by atoms with van der Waals surface area (Å²) in [5, 5.41) is 72.3. The lowest BCUT2D eigenvalue weighted by Crippen LogP contribution is -2.35. The highest BCUT2D eigenvalue weighted by Gasteiger charge is 2.28. The molecule has 5 aliphatic heterocycles. The van der Waals surface area contributed by atoms with Crippen molar-refractivity contribution in [1.82, 2.24) is 30.5 Å². The number of rotatable bonds is 4. The number of aryl methyl sites for hydroxylation is 3. The number of carbonyl (C=O) groups excluding carboxylic acids is 1. The molecule has 5 atom stereocenters. The van der Waals surface area contributed by atoms with Crippen LogP contribution in [-0.4, -0.2) is 163 Å². The molecule has 0 radical (unpaired) electrons. The fraction of sp³-hybridized carbons (Fsp3) is 0.628. The van der Waals surface area contributed by atoms with Crippen molar-refractivity contribution >= 4 is 75.5 Å². The smallest absolute Gasteiger partial charge is 0.410 e. The second kappa shape index (κ2) is 30.3. The highest BCUT2D eigenvalue weighted by atomic mass is 79.9. The molecular weight excluding hydrogens is 997 g/mol. The van der Waals surface area contributed by atoms with Crippen LogP contribution in [0.15, 0.2) is 41.0 Å². The molecule has 68 heavy (non-hydrogen) atoms. The molecule has 25 heteroatoms. The molecule has 5 saturated heterocycles. The first-order chi connectivity index (χ1) is 31.0. The number of nitrogen functional groups attached to an aromatic ring is 1. The van der Waals surface area contributed by atoms with E-state index in [0.29, 0.717) is 67.4 Å². The summed E-state index contributed by atoms with van der Waals surface area (Å²) in [5.74, 6) is 1.45. The van der Waals surface area contributed by atoms with Gasteiger partial charge in [0.25, 0.3) is 11.4 Å². The highest BCUT2D eigenvalue weighted by molar-refractivity contribution is 9.10. The monoisotopic (exact) mass is 1070 g/mol. The molecule has 8 heterocycles. The number of likely N-dealkylation sites (tertiary alicyclic amines) is 1. The van der Waals surface area contributed by atoms with Gasteiger partial charge in [0.15, 0.2) is 0 Å². The van der Waals surface area contributed by atoms with Gasteiger partial charge in [-0.2, -0.15) is 0 Å². The molecule has 9 N–H and O–H groups in total. The van der Waals surface area contributed by atoms with E-state index in [4.69, 9.17) is 20.7 Å². The van der Waals surface area contributed by atoms with Crippen molar-refractivity contribution in [3.63, 3.8) is 0 Å². The predicted molar refractivity (Wildman–Crippen MR) is 268 cm³/mol. The number of aliphatic hydroxyl groups excluding tert-OH is 5. The zero-order chi connectivity index (χ0) is 49.1. The first kappa shape index (κ1) is 61.7. The fourth-order valence-corrected chi connectivity index (χ4v) is 7.38. The third kappa shape index (κ3) is 23.8. The van der Waals surface area contributed by atoms with E-state index < -0.39 is 15.4 Å². The molecule has 384 valence electrons. The summed E-state index contributed by atoms with van der Waals surface area (Å²) in [7, 11) is 0. The normalized spacial score (nSPS) is 21.3. The summed E-state index contributed by atoms with van der Waals surface area (Å²) in [6, 6.07) is 9.37. The van der Waals surface area contributed by atoms with Crippen LogP contribution < -0.4 is 26.2 Å². The second-order valence-electron chi connectivity index (χ2n) is 17.5. The fourth-order valence-electron chi connectivity index (χ4n) is 6.87. The summed E-state index contributed by atoms with van der Waals surface area (Å²) >= 11 is 3.07. The molecule has 3 aromatic rings. The molecule has 5 fully saturated rings. The summed E-state index contributed by atoms with van der Waals surface area (Å²) < 4.78 is 5.64. The first-order valence-electron chi connectivity index (χ1n) is 21.9. The van der Waals surface area contributed by atoms with E-state index in [1.54, 1.807) is 13.8 Å². The van der Waals surface area contributed by atoms with Crippen molar-refractivity contribution in [3.8, 4) is 0 Å². The van der Waals surface area contributed by atoms with Gasteiger partial charge in [-0.1, -0.05) is 0 Å². The lowest BCUT2D eigenvalue weighted by Gasteiger charge is -2.24. The van der Waals surface area contributed by atoms with Crippen LogP contribution in [0, 0.1) is 41.0 Å². The lowest BCUT2D eigenvalue weighted by atomic mass is 10.2. The zero-order valence-corrected chi connectivity index (χ0v) is 42.7. The number of pyridine rings is 3. The predicted octanol–water partition coefficient (Wildman–Crippen LogP) is 3.99. The maximum Gasteiger partial charge on any atom is 0.410 e. The third-order valence-corrected chi connectivity index (χ3v) is 10.5. The van der Waals surface area contributed by atoms with Crippen molar-refractivity contribution in [2.75, 3.05) is 81.0 Å². The Labute approximate surface area is 418 Å². The van der Waals surface area contributed by atoms with E-state index in [9.17, 15) is 40.3 Å². The Kier molecular flexibility index (Phi) is 27.5. The van der Waals surface area contributed by atoms with Crippen LogP contribution in [0.3, 0.4) is 0 Å². The Bertz CT molecular complexity index is 1960. The number of ether oxygens (including phenoxy) is 1. The summed E-state index contributed by atoms with van der Waals surface area (Å²) in [6.45, 7) is 18.1. The maximum atomic E-state index is 11.4. The molecule has 8 rings (SSSR count). The third-order valence-electron chi connectivity index (χ3n) is 10.1. The molecule has 22 nitrogen and oxygen atoms in total. The van der Waals surface area contributed by atoms with Crippen LogP contribution in [0.25, 0.3) is 0 Å². The molecule has 0 spiro atoms. The van der Waals surface area contributed by atoms with Gasteiger partial charge in [0.2, 0.25) is 0 Å². The topological polar surface area (TPSA) is 312 Å². The van der Waals surface area contributed by atoms with Crippen LogP contribution >= 0.6 is 40.7 Å². The molecule has 0 bridgehead atoms. The number of halogens is 3. The van der Waals surface area contributed by atoms with Crippen molar-refractivity contribution in [2.45, 2.75) is 110 Å². The van der Waals surface area contributed by atoms with E-state index in [-0.39, 0.29) is 72.8 Å². The first-order valence-corrected chi connectivity index (χ1v) is 22.7. The summed E-state index contributed by atoms with van der Waals surface area (Å²) in [6.07, 6.45) is 2.59. The van der Waals surface area contributed by atoms with Crippen molar-refractivity contribution in [1.29, 1.82) is 0 Å². The molecular formula is C43H70BrCl2N11O11. The zero-order valence-electron chi connectivity index (χ0n) is 39.5. The number of hydrogen-bond donors (Lipinski definition) is 8. The van der Waals surface area contributed by atoms with Gasteiger partial charge in [-0.05, 0) is 109 Å².